The number of carbonyl (C=O) groups is 2. The van der Waals surface area contributed by atoms with E-state index >= 15 is 0 Å². The summed E-state index contributed by atoms with van der Waals surface area (Å²) in [6, 6.07) is 0. The van der Waals surface area contributed by atoms with Gasteiger partial charge in [-0.15, -0.1) is 0 Å². The normalized spacial score (nSPS) is 37.8. The lowest BCUT2D eigenvalue weighted by Gasteiger charge is -2.41. The van der Waals surface area contributed by atoms with Crippen molar-refractivity contribution in [2.75, 3.05) is 7.11 Å². The zero-order chi connectivity index (χ0) is 19.2. The minimum Gasteiger partial charge on any atom is -0.468 e. The maximum Gasteiger partial charge on any atom is 0.316 e. The Morgan fingerprint density at radius 1 is 0.852 bits per heavy atom. The Morgan fingerprint density at radius 2 is 1.37 bits per heavy atom. The summed E-state index contributed by atoms with van der Waals surface area (Å²) in [5.41, 5.74) is 0. The van der Waals surface area contributed by atoms with E-state index in [0.717, 1.165) is 24.2 Å². The van der Waals surface area contributed by atoms with Crippen molar-refractivity contribution in [3.8, 4) is 0 Å². The number of rotatable bonds is 6. The van der Waals surface area contributed by atoms with Crippen molar-refractivity contribution >= 4 is 11.8 Å². The molecule has 0 spiro atoms. The first-order chi connectivity index (χ1) is 13.1. The third-order valence-electron chi connectivity index (χ3n) is 8.17. The monoisotopic (exact) mass is 376 g/mol. The molecule has 3 heteroatoms. The van der Waals surface area contributed by atoms with Gasteiger partial charge in [-0.3, -0.25) is 9.59 Å². The van der Waals surface area contributed by atoms with E-state index in [0.29, 0.717) is 24.7 Å². The molecular weight excluding hydrogens is 336 g/mol. The number of methoxy groups -OCH3 is 1. The van der Waals surface area contributed by atoms with Gasteiger partial charge in [0.2, 0.25) is 0 Å². The van der Waals surface area contributed by atoms with E-state index in [1.165, 1.54) is 77.7 Å². The Labute approximate surface area is 166 Å². The number of hydrogen-bond donors (Lipinski definition) is 0. The van der Waals surface area contributed by atoms with Crippen LogP contribution in [0.3, 0.4) is 0 Å². The van der Waals surface area contributed by atoms with Gasteiger partial charge in [-0.1, -0.05) is 39.0 Å². The molecule has 0 aromatic heterocycles. The molecule has 3 nitrogen and oxygen atoms in total. The molecule has 0 aromatic carbocycles. The van der Waals surface area contributed by atoms with Crippen LogP contribution in [0.2, 0.25) is 0 Å². The van der Waals surface area contributed by atoms with Crippen LogP contribution in [0.5, 0.6) is 0 Å². The average Bonchev–Trinajstić information content (AvgIpc) is 2.72. The lowest BCUT2D eigenvalue weighted by atomic mass is 9.64. The van der Waals surface area contributed by atoms with Crippen LogP contribution in [0.4, 0.5) is 0 Å². The van der Waals surface area contributed by atoms with Crippen molar-refractivity contribution < 1.29 is 14.3 Å². The summed E-state index contributed by atoms with van der Waals surface area (Å²) < 4.78 is 4.79. The third-order valence-corrected chi connectivity index (χ3v) is 8.17. The Morgan fingerprint density at radius 3 is 1.89 bits per heavy atom. The van der Waals surface area contributed by atoms with E-state index < -0.39 is 5.92 Å². The SMILES string of the molecule is CCCCC1CCC(C2CCC(C3CCC(C(=O)OC)C(=O)C3)CC2)CC1. The molecule has 0 heterocycles. The molecule has 3 saturated carbocycles. The van der Waals surface area contributed by atoms with Crippen molar-refractivity contribution in [1.29, 1.82) is 0 Å². The third kappa shape index (κ3) is 5.35. The van der Waals surface area contributed by atoms with Crippen molar-refractivity contribution in [3.05, 3.63) is 0 Å². The molecule has 0 saturated heterocycles. The van der Waals surface area contributed by atoms with Gasteiger partial charge in [0.05, 0.1) is 7.11 Å². The quantitative estimate of drug-likeness (QED) is 0.425. The molecule has 2 atom stereocenters. The summed E-state index contributed by atoms with van der Waals surface area (Å²) in [5.74, 6) is 3.48. The predicted octanol–water partition coefficient (Wildman–Crippen LogP) is 5.95. The molecule has 3 rings (SSSR count). The highest BCUT2D eigenvalue weighted by molar-refractivity contribution is 5.99. The molecule has 3 aliphatic rings. The van der Waals surface area contributed by atoms with Gasteiger partial charge in [-0.2, -0.15) is 0 Å². The van der Waals surface area contributed by atoms with E-state index in [2.05, 4.69) is 6.92 Å². The summed E-state index contributed by atoms with van der Waals surface area (Å²) in [4.78, 5) is 24.1. The smallest absolute Gasteiger partial charge is 0.316 e. The molecule has 3 fully saturated rings. The summed E-state index contributed by atoms with van der Waals surface area (Å²) in [7, 11) is 1.39. The first-order valence-electron chi connectivity index (χ1n) is 11.7. The first-order valence-corrected chi connectivity index (χ1v) is 11.7. The van der Waals surface area contributed by atoms with Crippen LogP contribution in [0, 0.1) is 35.5 Å². The van der Waals surface area contributed by atoms with Gasteiger partial charge in [-0.05, 0) is 81.0 Å². The van der Waals surface area contributed by atoms with Gasteiger partial charge in [0, 0.05) is 6.42 Å². The minimum absolute atomic E-state index is 0.130. The molecule has 3 aliphatic carbocycles. The molecule has 0 bridgehead atoms. The maximum atomic E-state index is 12.4. The molecular formula is C24H40O3. The minimum atomic E-state index is -0.481. The van der Waals surface area contributed by atoms with Gasteiger partial charge in [0.1, 0.15) is 11.7 Å². The highest BCUT2D eigenvalue weighted by atomic mass is 16.5. The van der Waals surface area contributed by atoms with E-state index in [4.69, 9.17) is 4.74 Å². The van der Waals surface area contributed by atoms with Gasteiger partial charge in [-0.25, -0.2) is 0 Å². The molecule has 0 radical (unpaired) electrons. The van der Waals surface area contributed by atoms with Crippen LogP contribution >= 0.6 is 0 Å². The maximum absolute atomic E-state index is 12.4. The average molecular weight is 377 g/mol. The number of unbranched alkanes of at least 4 members (excludes halogenated alkanes) is 1. The van der Waals surface area contributed by atoms with E-state index in [1.54, 1.807) is 0 Å². The van der Waals surface area contributed by atoms with Gasteiger partial charge >= 0.3 is 5.97 Å². The topological polar surface area (TPSA) is 43.4 Å². The van der Waals surface area contributed by atoms with Crippen LogP contribution in [0.1, 0.15) is 96.8 Å². The number of carbonyl (C=O) groups excluding carboxylic acids is 2. The lowest BCUT2D eigenvalue weighted by Crippen LogP contribution is -2.36. The lowest BCUT2D eigenvalue weighted by molar-refractivity contribution is -0.151. The highest BCUT2D eigenvalue weighted by Gasteiger charge is 2.39. The Bertz CT molecular complexity index is 484. The Hall–Kier alpha value is -0.860. The fourth-order valence-corrected chi connectivity index (χ4v) is 6.37. The van der Waals surface area contributed by atoms with Crippen LogP contribution in [-0.4, -0.2) is 18.9 Å². The summed E-state index contributed by atoms with van der Waals surface area (Å²) in [5, 5.41) is 0. The van der Waals surface area contributed by atoms with Crippen LogP contribution in [-0.2, 0) is 14.3 Å². The van der Waals surface area contributed by atoms with Gasteiger partial charge in [0.15, 0.2) is 0 Å². The first kappa shape index (κ1) is 20.9. The van der Waals surface area contributed by atoms with E-state index in [1.807, 2.05) is 0 Å². The zero-order valence-electron chi connectivity index (χ0n) is 17.6. The van der Waals surface area contributed by atoms with Crippen LogP contribution < -0.4 is 0 Å². The number of ether oxygens (including phenoxy) is 1. The van der Waals surface area contributed by atoms with Crippen molar-refractivity contribution in [2.45, 2.75) is 96.8 Å². The molecule has 27 heavy (non-hydrogen) atoms. The highest BCUT2D eigenvalue weighted by Crippen LogP contribution is 2.45. The van der Waals surface area contributed by atoms with Crippen molar-refractivity contribution in [1.82, 2.24) is 0 Å². The summed E-state index contributed by atoms with van der Waals surface area (Å²) in [6.45, 7) is 2.31. The number of ketones is 1. The van der Waals surface area contributed by atoms with Crippen molar-refractivity contribution in [3.63, 3.8) is 0 Å². The number of esters is 1. The fraction of sp³-hybridized carbons (Fsp3) is 0.917. The van der Waals surface area contributed by atoms with Crippen LogP contribution in [0.15, 0.2) is 0 Å². The fourth-order valence-electron chi connectivity index (χ4n) is 6.37. The summed E-state index contributed by atoms with van der Waals surface area (Å²) in [6.07, 6.45) is 17.8. The van der Waals surface area contributed by atoms with E-state index in [9.17, 15) is 9.59 Å². The largest absolute Gasteiger partial charge is 0.468 e. The molecule has 154 valence electrons. The number of hydrogen-bond acceptors (Lipinski definition) is 3. The molecule has 0 aromatic rings. The second-order valence-electron chi connectivity index (χ2n) is 9.68. The Kier molecular flexibility index (Phi) is 7.78. The molecule has 0 aliphatic heterocycles. The summed E-state index contributed by atoms with van der Waals surface area (Å²) >= 11 is 0. The van der Waals surface area contributed by atoms with Gasteiger partial charge in [0.25, 0.3) is 0 Å². The molecule has 2 unspecified atom stereocenters. The van der Waals surface area contributed by atoms with E-state index in [-0.39, 0.29) is 11.8 Å². The Balaban J connectivity index is 1.40. The zero-order valence-corrected chi connectivity index (χ0v) is 17.6. The number of Topliss-reactive ketones (excluding diaryl/α,β-unsaturated/α-hetero) is 1. The van der Waals surface area contributed by atoms with Crippen LogP contribution in [0.25, 0.3) is 0 Å². The molecule has 0 N–H and O–H groups in total. The van der Waals surface area contributed by atoms with Crippen molar-refractivity contribution in [2.24, 2.45) is 35.5 Å². The standard InChI is InChI=1S/C24H40O3/c1-3-4-5-17-6-8-18(9-7-17)19-10-12-20(13-11-19)21-14-15-22(23(25)16-21)24(26)27-2/h17-22H,3-16H2,1-2H3. The predicted molar refractivity (Wildman–Crippen MR) is 108 cm³/mol. The molecule has 0 amide bonds. The second kappa shape index (κ2) is 10.1. The second-order valence-corrected chi connectivity index (χ2v) is 9.68. The van der Waals surface area contributed by atoms with Gasteiger partial charge < -0.3 is 4.74 Å².